The van der Waals surface area contributed by atoms with Gasteiger partial charge >= 0.3 is 5.97 Å². The van der Waals surface area contributed by atoms with Crippen LogP contribution < -0.4 is 4.90 Å². The molecule has 0 aliphatic carbocycles. The zero-order valence-electron chi connectivity index (χ0n) is 11.0. The average molecular weight is 270 g/mol. The summed E-state index contributed by atoms with van der Waals surface area (Å²) in [7, 11) is 1.24. The molecule has 104 valence electrons. The van der Waals surface area contributed by atoms with Crippen molar-refractivity contribution in [1.82, 2.24) is 0 Å². The summed E-state index contributed by atoms with van der Waals surface area (Å²) >= 11 is 0. The smallest absolute Gasteiger partial charge is 0.325 e. The number of rotatable bonds is 5. The minimum absolute atomic E-state index is 0.126. The largest absolute Gasteiger partial charge is 0.468 e. The fourth-order valence-corrected chi connectivity index (χ4v) is 1.64. The Labute approximate surface area is 109 Å². The molecule has 0 aromatic heterocycles. The van der Waals surface area contributed by atoms with Crippen LogP contribution in [-0.2, 0) is 9.53 Å². The number of hydrogen-bond donors (Lipinski definition) is 0. The predicted octanol–water partition coefficient (Wildman–Crippen LogP) is 2.04. The van der Waals surface area contributed by atoms with E-state index >= 15 is 0 Å². The Morgan fingerprint density at radius 1 is 1.53 bits per heavy atom. The maximum Gasteiger partial charge on any atom is 0.325 e. The summed E-state index contributed by atoms with van der Waals surface area (Å²) in [5.41, 5.74) is 0.120. The second-order valence-electron chi connectivity index (χ2n) is 3.94. The van der Waals surface area contributed by atoms with Crippen molar-refractivity contribution in [2.45, 2.75) is 13.8 Å². The van der Waals surface area contributed by atoms with Crippen LogP contribution in [0, 0.1) is 22.9 Å². The number of nitro benzene ring substituents is 1. The number of nitro groups is 1. The first-order chi connectivity index (χ1) is 8.90. The highest BCUT2D eigenvalue weighted by molar-refractivity contribution is 5.78. The number of likely N-dealkylation sites (N-methyl/N-ethyl adjacent to an activating group) is 1. The molecule has 0 heterocycles. The maximum absolute atomic E-state index is 13.4. The van der Waals surface area contributed by atoms with Crippen molar-refractivity contribution in [2.75, 3.05) is 25.1 Å². The second-order valence-corrected chi connectivity index (χ2v) is 3.94. The lowest BCUT2D eigenvalue weighted by Crippen LogP contribution is -2.31. The molecule has 0 aliphatic rings. The van der Waals surface area contributed by atoms with Gasteiger partial charge in [0.1, 0.15) is 18.0 Å². The van der Waals surface area contributed by atoms with Gasteiger partial charge in [-0.1, -0.05) is 0 Å². The van der Waals surface area contributed by atoms with Crippen molar-refractivity contribution >= 4 is 17.3 Å². The normalized spacial score (nSPS) is 10.1. The summed E-state index contributed by atoms with van der Waals surface area (Å²) in [6, 6.07) is 2.23. The molecule has 0 spiro atoms. The lowest BCUT2D eigenvalue weighted by Gasteiger charge is -2.21. The van der Waals surface area contributed by atoms with Crippen molar-refractivity contribution in [3.05, 3.63) is 33.6 Å². The first kappa shape index (κ1) is 14.9. The van der Waals surface area contributed by atoms with Crippen LogP contribution in [0.3, 0.4) is 0 Å². The quantitative estimate of drug-likeness (QED) is 0.465. The van der Waals surface area contributed by atoms with Gasteiger partial charge in [-0.2, -0.15) is 0 Å². The topological polar surface area (TPSA) is 72.7 Å². The molecular formula is C12H15FN2O4. The van der Waals surface area contributed by atoms with Crippen LogP contribution in [0.4, 0.5) is 15.8 Å². The van der Waals surface area contributed by atoms with Gasteiger partial charge in [-0.25, -0.2) is 4.39 Å². The van der Waals surface area contributed by atoms with Crippen LogP contribution >= 0.6 is 0 Å². The van der Waals surface area contributed by atoms with Crippen molar-refractivity contribution in [3.8, 4) is 0 Å². The van der Waals surface area contributed by atoms with Crippen molar-refractivity contribution in [1.29, 1.82) is 0 Å². The van der Waals surface area contributed by atoms with Crippen LogP contribution in [0.15, 0.2) is 12.1 Å². The van der Waals surface area contributed by atoms with Crippen molar-refractivity contribution in [3.63, 3.8) is 0 Å². The highest BCUT2D eigenvalue weighted by Crippen LogP contribution is 2.30. The Bertz CT molecular complexity index is 505. The second kappa shape index (κ2) is 6.12. The number of anilines is 1. The highest BCUT2D eigenvalue weighted by atomic mass is 19.1. The third-order valence-electron chi connectivity index (χ3n) is 2.72. The Morgan fingerprint density at radius 3 is 2.63 bits per heavy atom. The van der Waals surface area contributed by atoms with Crippen molar-refractivity contribution in [2.24, 2.45) is 0 Å². The van der Waals surface area contributed by atoms with E-state index in [1.165, 1.54) is 25.0 Å². The van der Waals surface area contributed by atoms with Crippen LogP contribution in [0.1, 0.15) is 12.5 Å². The van der Waals surface area contributed by atoms with Gasteiger partial charge in [-0.3, -0.25) is 14.9 Å². The van der Waals surface area contributed by atoms with E-state index in [-0.39, 0.29) is 23.5 Å². The molecule has 0 fully saturated rings. The zero-order chi connectivity index (χ0) is 14.6. The number of carbonyl (C=O) groups excluding carboxylic acids is 1. The molecule has 0 saturated carbocycles. The molecule has 7 heteroatoms. The molecule has 19 heavy (non-hydrogen) atoms. The van der Waals surface area contributed by atoms with Crippen LogP contribution in [0.25, 0.3) is 0 Å². The van der Waals surface area contributed by atoms with E-state index in [9.17, 15) is 19.3 Å². The molecule has 0 saturated heterocycles. The van der Waals surface area contributed by atoms with Crippen LogP contribution in [-0.4, -0.2) is 31.1 Å². The Morgan fingerprint density at radius 2 is 2.16 bits per heavy atom. The predicted molar refractivity (Wildman–Crippen MR) is 67.7 cm³/mol. The molecular weight excluding hydrogens is 255 g/mol. The summed E-state index contributed by atoms with van der Waals surface area (Å²) in [4.78, 5) is 23.0. The molecule has 6 nitrogen and oxygen atoms in total. The molecule has 1 rings (SSSR count). The van der Waals surface area contributed by atoms with E-state index in [0.717, 1.165) is 6.07 Å². The Hall–Kier alpha value is -2.18. The number of hydrogen-bond acceptors (Lipinski definition) is 5. The summed E-state index contributed by atoms with van der Waals surface area (Å²) in [6.45, 7) is 3.49. The fraction of sp³-hybridized carbons (Fsp3) is 0.417. The molecule has 0 radical (unpaired) electrons. The molecule has 0 N–H and O–H groups in total. The zero-order valence-corrected chi connectivity index (χ0v) is 11.0. The van der Waals surface area contributed by atoms with Gasteiger partial charge in [0.05, 0.1) is 18.1 Å². The molecule has 0 bridgehead atoms. The number of carbonyl (C=O) groups is 1. The summed E-state index contributed by atoms with van der Waals surface area (Å²) in [5.74, 6) is -1.16. The minimum atomic E-state index is -0.669. The van der Waals surface area contributed by atoms with Crippen molar-refractivity contribution < 1.29 is 18.8 Å². The average Bonchev–Trinajstić information content (AvgIpc) is 2.38. The van der Waals surface area contributed by atoms with Gasteiger partial charge in [-0.15, -0.1) is 0 Å². The molecule has 1 aromatic rings. The van der Waals surface area contributed by atoms with Gasteiger partial charge in [0.25, 0.3) is 5.69 Å². The molecule has 0 unspecified atom stereocenters. The summed E-state index contributed by atoms with van der Waals surface area (Å²) in [6.07, 6.45) is 0. The minimum Gasteiger partial charge on any atom is -0.468 e. The van der Waals surface area contributed by atoms with E-state index in [1.54, 1.807) is 6.92 Å². The Kier molecular flexibility index (Phi) is 4.80. The number of benzene rings is 1. The van der Waals surface area contributed by atoms with Crippen LogP contribution in [0.5, 0.6) is 0 Å². The fourth-order valence-electron chi connectivity index (χ4n) is 1.64. The Balaban J connectivity index is 3.25. The number of esters is 1. The summed E-state index contributed by atoms with van der Waals surface area (Å²) < 4.78 is 17.9. The van der Waals surface area contributed by atoms with E-state index in [2.05, 4.69) is 4.74 Å². The molecule has 0 atom stereocenters. The highest BCUT2D eigenvalue weighted by Gasteiger charge is 2.22. The lowest BCUT2D eigenvalue weighted by atomic mass is 10.1. The van der Waals surface area contributed by atoms with E-state index in [4.69, 9.17) is 0 Å². The number of ether oxygens (including phenoxy) is 1. The van der Waals surface area contributed by atoms with Gasteiger partial charge in [0.15, 0.2) is 0 Å². The maximum atomic E-state index is 13.4. The van der Waals surface area contributed by atoms with E-state index < -0.39 is 16.7 Å². The number of methoxy groups -OCH3 is 1. The standard InChI is InChI=1S/C12H15FN2O4/c1-4-14(7-12(16)19-3)10-5-8(2)9(13)6-11(10)15(17)18/h5-6H,4,7H2,1-3H3. The molecule has 0 amide bonds. The number of halogens is 1. The molecule has 0 aliphatic heterocycles. The van der Waals surface area contributed by atoms with Gasteiger partial charge < -0.3 is 9.64 Å². The van der Waals surface area contributed by atoms with Crippen LogP contribution in [0.2, 0.25) is 0 Å². The first-order valence-electron chi connectivity index (χ1n) is 5.67. The van der Waals surface area contributed by atoms with Gasteiger partial charge in [0.2, 0.25) is 0 Å². The third-order valence-corrected chi connectivity index (χ3v) is 2.72. The first-order valence-corrected chi connectivity index (χ1v) is 5.67. The van der Waals surface area contributed by atoms with Gasteiger partial charge in [-0.05, 0) is 25.5 Å². The number of aryl methyl sites for hydroxylation is 1. The van der Waals surface area contributed by atoms with Gasteiger partial charge in [0, 0.05) is 6.54 Å². The lowest BCUT2D eigenvalue weighted by molar-refractivity contribution is -0.384. The SMILES string of the molecule is CCN(CC(=O)OC)c1cc(C)c(F)cc1[N+](=O)[O-]. The number of nitrogens with zero attached hydrogens (tertiary/aromatic N) is 2. The van der Waals surface area contributed by atoms with E-state index in [0.29, 0.717) is 6.54 Å². The van der Waals surface area contributed by atoms with E-state index in [1.807, 2.05) is 0 Å². The third kappa shape index (κ3) is 3.40. The monoisotopic (exact) mass is 270 g/mol. The molecule has 1 aromatic carbocycles. The summed E-state index contributed by atoms with van der Waals surface area (Å²) in [5, 5.41) is 11.0.